The van der Waals surface area contributed by atoms with Crippen LogP contribution in [0.1, 0.15) is 18.4 Å². The third-order valence-electron chi connectivity index (χ3n) is 3.98. The zero-order valence-corrected chi connectivity index (χ0v) is 17.6. The summed E-state index contributed by atoms with van der Waals surface area (Å²) < 4.78 is 23.5. The molecule has 3 rings (SSSR count). The summed E-state index contributed by atoms with van der Waals surface area (Å²) >= 11 is 2.46. The van der Waals surface area contributed by atoms with Gasteiger partial charge >= 0.3 is 0 Å². The highest BCUT2D eigenvalue weighted by molar-refractivity contribution is 7.99. The Labute approximate surface area is 176 Å². The molecule has 0 aliphatic carbocycles. The number of anilines is 1. The molecule has 2 heterocycles. The predicted octanol–water partition coefficient (Wildman–Crippen LogP) is 3.56. The van der Waals surface area contributed by atoms with Crippen LogP contribution < -0.4 is 5.32 Å². The Morgan fingerprint density at radius 3 is 2.93 bits per heavy atom. The Hall–Kier alpha value is -2.01. The van der Waals surface area contributed by atoms with Crippen LogP contribution in [0, 0.1) is 5.13 Å². The maximum Gasteiger partial charge on any atom is 0.280 e. The van der Waals surface area contributed by atoms with Crippen molar-refractivity contribution in [2.75, 3.05) is 38.0 Å². The van der Waals surface area contributed by atoms with Crippen molar-refractivity contribution >= 4 is 39.8 Å². The smallest absolute Gasteiger partial charge is 0.280 e. The zero-order valence-electron chi connectivity index (χ0n) is 15.9. The van der Waals surface area contributed by atoms with E-state index in [1.54, 1.807) is 18.9 Å². The molecule has 1 atom stereocenters. The molecule has 1 aliphatic heterocycles. The number of carbonyl (C=O) groups excluding carboxylic acids is 1. The molecule has 7 nitrogen and oxygen atoms in total. The number of hydrogen-bond donors (Lipinski definition) is 1. The first-order valence-electron chi connectivity index (χ1n) is 9.12. The first-order chi connectivity index (χ1) is 14.2. The van der Waals surface area contributed by atoms with Crippen molar-refractivity contribution in [2.45, 2.75) is 23.8 Å². The Balaban J connectivity index is 1.71. The van der Waals surface area contributed by atoms with Gasteiger partial charge in [-0.2, -0.15) is 4.39 Å². The van der Waals surface area contributed by atoms with Gasteiger partial charge in [-0.1, -0.05) is 28.6 Å². The molecule has 156 valence electrons. The third-order valence-corrected chi connectivity index (χ3v) is 5.78. The van der Waals surface area contributed by atoms with Crippen molar-refractivity contribution in [1.29, 1.82) is 0 Å². The molecule has 10 heteroatoms. The number of aromatic nitrogens is 1. The van der Waals surface area contributed by atoms with Gasteiger partial charge in [0.05, 0.1) is 19.4 Å². The monoisotopic (exact) mass is 439 g/mol. The van der Waals surface area contributed by atoms with E-state index in [9.17, 15) is 9.18 Å². The number of nitrogens with zero attached hydrogens (tertiary/aromatic N) is 2. The van der Waals surface area contributed by atoms with E-state index in [0.717, 1.165) is 41.2 Å². The third kappa shape index (κ3) is 6.77. The molecule has 0 bridgehead atoms. The second-order valence-corrected chi connectivity index (χ2v) is 8.32. The number of hydrogen-bond acceptors (Lipinski definition) is 8. The molecule has 29 heavy (non-hydrogen) atoms. The summed E-state index contributed by atoms with van der Waals surface area (Å²) in [5.74, 6) is 0.424. The molecule has 0 saturated carbocycles. The summed E-state index contributed by atoms with van der Waals surface area (Å²) in [7, 11) is 1.69. The van der Waals surface area contributed by atoms with Crippen LogP contribution in [0.25, 0.3) is 0 Å². The lowest BCUT2D eigenvalue weighted by molar-refractivity contribution is -0.110. The van der Waals surface area contributed by atoms with Gasteiger partial charge in [-0.15, -0.1) is 11.8 Å². The Morgan fingerprint density at radius 2 is 2.28 bits per heavy atom. The molecule has 1 aliphatic rings. The molecule has 1 aromatic carbocycles. The molecule has 1 N–H and O–H groups in total. The number of thioether (sulfide) groups is 1. The SMILES string of the molecule is COCCCSc1ccc(/C(=N\O[C@@H]2CCOC2)C(=O)Nc2ncc(F)s2)cc1. The van der Waals surface area contributed by atoms with Crippen molar-refractivity contribution in [3.8, 4) is 0 Å². The van der Waals surface area contributed by atoms with Crippen LogP contribution in [0.15, 0.2) is 40.5 Å². The lowest BCUT2D eigenvalue weighted by atomic mass is 10.1. The van der Waals surface area contributed by atoms with Crippen LogP contribution in [-0.2, 0) is 19.1 Å². The van der Waals surface area contributed by atoms with Gasteiger partial charge in [0.25, 0.3) is 5.91 Å². The largest absolute Gasteiger partial charge is 0.389 e. The second kappa shape index (κ2) is 11.2. The molecular formula is C19H22FN3O4S2. The highest BCUT2D eigenvalue weighted by Gasteiger charge is 2.21. The van der Waals surface area contributed by atoms with Gasteiger partial charge in [-0.3, -0.25) is 10.1 Å². The Kier molecular flexibility index (Phi) is 8.41. The number of rotatable bonds is 10. The van der Waals surface area contributed by atoms with E-state index >= 15 is 0 Å². The van der Waals surface area contributed by atoms with Crippen LogP contribution in [0.3, 0.4) is 0 Å². The van der Waals surface area contributed by atoms with Crippen LogP contribution in [0.4, 0.5) is 9.52 Å². The number of ether oxygens (including phenoxy) is 2. The molecule has 0 spiro atoms. The summed E-state index contributed by atoms with van der Waals surface area (Å²) in [5, 5.41) is 6.33. The van der Waals surface area contributed by atoms with E-state index in [1.807, 2.05) is 24.3 Å². The van der Waals surface area contributed by atoms with Crippen molar-refractivity contribution in [2.24, 2.45) is 5.16 Å². The minimum atomic E-state index is -0.515. The Bertz CT molecular complexity index is 823. The average Bonchev–Trinajstić information content (AvgIpc) is 3.38. The van der Waals surface area contributed by atoms with Gasteiger partial charge in [0.1, 0.15) is 0 Å². The molecule has 0 radical (unpaired) electrons. The van der Waals surface area contributed by atoms with Gasteiger partial charge < -0.3 is 14.3 Å². The van der Waals surface area contributed by atoms with Gasteiger partial charge in [0.15, 0.2) is 22.1 Å². The minimum absolute atomic E-state index is 0.100. The maximum absolute atomic E-state index is 13.2. The summed E-state index contributed by atoms with van der Waals surface area (Å²) in [5.41, 5.74) is 0.697. The number of thiazole rings is 1. The normalized spacial score (nSPS) is 16.8. The fraction of sp³-hybridized carbons (Fsp3) is 0.421. The lowest BCUT2D eigenvalue weighted by Gasteiger charge is -2.10. The summed E-state index contributed by atoms with van der Waals surface area (Å²) in [6.07, 6.45) is 2.54. The van der Waals surface area contributed by atoms with Crippen LogP contribution in [0.2, 0.25) is 0 Å². The fourth-order valence-electron chi connectivity index (χ4n) is 2.52. The highest BCUT2D eigenvalue weighted by Crippen LogP contribution is 2.21. The van der Waals surface area contributed by atoms with Crippen molar-refractivity contribution in [3.63, 3.8) is 0 Å². The zero-order chi connectivity index (χ0) is 20.5. The number of methoxy groups -OCH3 is 1. The number of benzene rings is 1. The molecule has 1 saturated heterocycles. The number of nitrogens with one attached hydrogen (secondary N) is 1. The minimum Gasteiger partial charge on any atom is -0.389 e. The lowest BCUT2D eigenvalue weighted by Crippen LogP contribution is -2.25. The van der Waals surface area contributed by atoms with E-state index < -0.39 is 11.0 Å². The van der Waals surface area contributed by atoms with Crippen LogP contribution in [0.5, 0.6) is 0 Å². The molecule has 1 amide bonds. The highest BCUT2D eigenvalue weighted by atomic mass is 32.2. The van der Waals surface area contributed by atoms with Gasteiger partial charge in [-0.05, 0) is 18.6 Å². The van der Waals surface area contributed by atoms with Crippen LogP contribution in [-0.4, -0.2) is 55.4 Å². The standard InChI is InChI=1S/C19H22FN3O4S2/c1-25-8-2-10-28-15-5-3-13(4-6-15)17(23-27-14-7-9-26-12-14)18(24)22-19-21-11-16(20)29-19/h3-6,11,14H,2,7-10,12H2,1H3,(H,21,22,24)/b23-17+/t14-/m1/s1. The molecule has 1 aromatic heterocycles. The maximum atomic E-state index is 13.2. The number of halogens is 1. The van der Waals surface area contributed by atoms with Gasteiger partial charge in [-0.25, -0.2) is 4.98 Å². The number of amides is 1. The van der Waals surface area contributed by atoms with Crippen molar-refractivity contribution in [3.05, 3.63) is 41.2 Å². The van der Waals surface area contributed by atoms with Crippen molar-refractivity contribution in [1.82, 2.24) is 4.98 Å². The fourth-order valence-corrected chi connectivity index (χ4v) is 3.89. The second-order valence-electron chi connectivity index (χ2n) is 6.17. The van der Waals surface area contributed by atoms with E-state index in [0.29, 0.717) is 25.2 Å². The molecule has 0 unspecified atom stereocenters. The van der Waals surface area contributed by atoms with E-state index in [2.05, 4.69) is 15.5 Å². The summed E-state index contributed by atoms with van der Waals surface area (Å²) in [4.78, 5) is 23.1. The molecule has 1 fully saturated rings. The first-order valence-corrected chi connectivity index (χ1v) is 10.9. The van der Waals surface area contributed by atoms with E-state index in [1.165, 1.54) is 0 Å². The summed E-state index contributed by atoms with van der Waals surface area (Å²) in [6.45, 7) is 1.77. The van der Waals surface area contributed by atoms with Crippen LogP contribution >= 0.6 is 23.1 Å². The predicted molar refractivity (Wildman–Crippen MR) is 111 cm³/mol. The molecule has 2 aromatic rings. The summed E-state index contributed by atoms with van der Waals surface area (Å²) in [6, 6.07) is 7.48. The number of oxime groups is 1. The molecular weight excluding hydrogens is 417 g/mol. The van der Waals surface area contributed by atoms with Gasteiger partial charge in [0, 0.05) is 36.3 Å². The van der Waals surface area contributed by atoms with E-state index in [-0.39, 0.29) is 16.9 Å². The van der Waals surface area contributed by atoms with E-state index in [4.69, 9.17) is 14.3 Å². The van der Waals surface area contributed by atoms with Crippen molar-refractivity contribution < 1.29 is 23.5 Å². The quantitative estimate of drug-likeness (QED) is 0.264. The number of carbonyl (C=O) groups is 1. The van der Waals surface area contributed by atoms with Gasteiger partial charge in [0.2, 0.25) is 0 Å². The first kappa shape index (κ1) is 21.7. The topological polar surface area (TPSA) is 82.0 Å². The Morgan fingerprint density at radius 1 is 1.45 bits per heavy atom. The average molecular weight is 440 g/mol.